The predicted octanol–water partition coefficient (Wildman–Crippen LogP) is 3.48. The van der Waals surface area contributed by atoms with E-state index in [0.717, 1.165) is 11.5 Å². The van der Waals surface area contributed by atoms with Gasteiger partial charge in [-0.05, 0) is 35.5 Å². The number of halogens is 3. The molecule has 0 aliphatic carbocycles. The molecule has 4 aromatic rings. The minimum Gasteiger partial charge on any atom is -0.304 e. The maximum atomic E-state index is 13.1. The first-order chi connectivity index (χ1) is 13.4. The lowest BCUT2D eigenvalue weighted by atomic mass is 10.2. The Bertz CT molecular complexity index is 1170. The van der Waals surface area contributed by atoms with Gasteiger partial charge >= 0.3 is 6.18 Å². The summed E-state index contributed by atoms with van der Waals surface area (Å²) in [6.07, 6.45) is -4.60. The fraction of sp³-hybridized carbons (Fsp3) is 0.0556. The number of alkyl halides is 3. The number of benzene rings is 2. The summed E-state index contributed by atoms with van der Waals surface area (Å²) in [5, 5.41) is 14.3. The van der Waals surface area contributed by atoms with Gasteiger partial charge in [-0.2, -0.15) is 13.2 Å². The summed E-state index contributed by atoms with van der Waals surface area (Å²) in [4.78, 5) is 17.3. The Labute approximate surface area is 155 Å². The number of pyridine rings is 1. The highest BCUT2D eigenvalue weighted by Gasteiger charge is 2.34. The van der Waals surface area contributed by atoms with Crippen LogP contribution in [0.2, 0.25) is 0 Å². The van der Waals surface area contributed by atoms with E-state index in [1.165, 1.54) is 18.2 Å². The molecule has 7 nitrogen and oxygen atoms in total. The average molecular weight is 384 g/mol. The third-order valence-corrected chi connectivity index (χ3v) is 3.88. The number of amides is 1. The lowest BCUT2D eigenvalue weighted by molar-refractivity contribution is -0.137. The Hall–Kier alpha value is -3.82. The largest absolute Gasteiger partial charge is 0.418 e. The van der Waals surface area contributed by atoms with E-state index in [2.05, 4.69) is 25.7 Å². The van der Waals surface area contributed by atoms with Crippen molar-refractivity contribution in [1.29, 1.82) is 0 Å². The first-order valence-electron chi connectivity index (χ1n) is 8.05. The molecule has 2 heterocycles. The van der Waals surface area contributed by atoms with E-state index in [1.54, 1.807) is 18.2 Å². The van der Waals surface area contributed by atoms with E-state index >= 15 is 0 Å². The van der Waals surface area contributed by atoms with Crippen LogP contribution in [0.25, 0.3) is 16.6 Å². The van der Waals surface area contributed by atoms with Crippen molar-refractivity contribution in [3.8, 4) is 5.69 Å². The number of fused-ring (bicyclic) bond motifs is 1. The first-order valence-corrected chi connectivity index (χ1v) is 8.05. The zero-order valence-electron chi connectivity index (χ0n) is 14.1. The molecule has 1 amide bonds. The molecule has 0 unspecified atom stereocenters. The van der Waals surface area contributed by atoms with Crippen LogP contribution in [0.15, 0.2) is 60.7 Å². The zero-order valence-corrected chi connectivity index (χ0v) is 14.1. The molecular formula is C18H11F3N6O. The number of hydrogen-bond donors (Lipinski definition) is 1. The van der Waals surface area contributed by atoms with E-state index in [9.17, 15) is 18.0 Å². The van der Waals surface area contributed by atoms with Crippen molar-refractivity contribution in [1.82, 2.24) is 25.2 Å². The second-order valence-electron chi connectivity index (χ2n) is 5.76. The second kappa shape index (κ2) is 6.72. The summed E-state index contributed by atoms with van der Waals surface area (Å²) in [6, 6.07) is 15.5. The number of anilines is 1. The number of tetrazole rings is 1. The quantitative estimate of drug-likeness (QED) is 0.585. The smallest absolute Gasteiger partial charge is 0.304 e. The normalized spacial score (nSPS) is 11.5. The molecular weight excluding hydrogens is 373 g/mol. The summed E-state index contributed by atoms with van der Waals surface area (Å²) >= 11 is 0. The Morgan fingerprint density at radius 2 is 1.71 bits per heavy atom. The molecule has 0 saturated heterocycles. The van der Waals surface area contributed by atoms with Crippen LogP contribution < -0.4 is 5.32 Å². The van der Waals surface area contributed by atoms with Crippen molar-refractivity contribution in [2.24, 2.45) is 0 Å². The van der Waals surface area contributed by atoms with Gasteiger partial charge in [-0.1, -0.05) is 30.3 Å². The summed E-state index contributed by atoms with van der Waals surface area (Å²) < 4.78 is 39.4. The maximum absolute atomic E-state index is 13.1. The summed E-state index contributed by atoms with van der Waals surface area (Å²) in [6.45, 7) is 0. The predicted molar refractivity (Wildman–Crippen MR) is 93.9 cm³/mol. The molecule has 1 N–H and O–H groups in total. The second-order valence-corrected chi connectivity index (χ2v) is 5.76. The fourth-order valence-corrected chi connectivity index (χ4v) is 2.60. The molecule has 140 valence electrons. The summed E-state index contributed by atoms with van der Waals surface area (Å²) in [7, 11) is 0. The van der Waals surface area contributed by atoms with Crippen molar-refractivity contribution >= 4 is 22.6 Å². The number of nitrogens with one attached hydrogen (secondary N) is 1. The molecule has 2 aromatic carbocycles. The van der Waals surface area contributed by atoms with E-state index < -0.39 is 17.6 Å². The number of rotatable bonds is 3. The highest BCUT2D eigenvalue weighted by atomic mass is 19.4. The van der Waals surface area contributed by atoms with E-state index in [-0.39, 0.29) is 17.3 Å². The summed E-state index contributed by atoms with van der Waals surface area (Å²) in [5.74, 6) is -0.860. The van der Waals surface area contributed by atoms with Gasteiger partial charge in [0.25, 0.3) is 11.7 Å². The molecule has 0 bridgehead atoms. The van der Waals surface area contributed by atoms with Crippen LogP contribution in [0.1, 0.15) is 16.2 Å². The average Bonchev–Trinajstić information content (AvgIpc) is 3.17. The molecule has 28 heavy (non-hydrogen) atoms. The van der Waals surface area contributed by atoms with Crippen molar-refractivity contribution < 1.29 is 18.0 Å². The molecule has 0 aliphatic rings. The van der Waals surface area contributed by atoms with Gasteiger partial charge in [-0.3, -0.25) is 4.79 Å². The molecule has 0 fully saturated rings. The van der Waals surface area contributed by atoms with Crippen LogP contribution in [0.5, 0.6) is 0 Å². The monoisotopic (exact) mass is 384 g/mol. The minimum absolute atomic E-state index is 0.260. The number of hydrogen-bond acceptors (Lipinski definition) is 5. The van der Waals surface area contributed by atoms with Gasteiger partial charge in [0.2, 0.25) is 0 Å². The Morgan fingerprint density at radius 3 is 2.54 bits per heavy atom. The lowest BCUT2D eigenvalue weighted by Crippen LogP contribution is -2.16. The van der Waals surface area contributed by atoms with Gasteiger partial charge < -0.3 is 5.32 Å². The SMILES string of the molecule is O=C(Nc1ccc2ccccc2n1)c1nnn(-c2ccccc2C(F)(F)F)n1. The minimum atomic E-state index is -4.60. The highest BCUT2D eigenvalue weighted by molar-refractivity contribution is 6.01. The van der Waals surface area contributed by atoms with Crippen LogP contribution in [-0.4, -0.2) is 31.1 Å². The van der Waals surface area contributed by atoms with Gasteiger partial charge in [0.15, 0.2) is 0 Å². The van der Waals surface area contributed by atoms with Crippen LogP contribution in [-0.2, 0) is 6.18 Å². The molecule has 0 radical (unpaired) electrons. The Kier molecular flexibility index (Phi) is 4.22. The first kappa shape index (κ1) is 17.6. The van der Waals surface area contributed by atoms with Gasteiger partial charge in [0.05, 0.1) is 16.8 Å². The van der Waals surface area contributed by atoms with E-state index in [4.69, 9.17) is 0 Å². The third kappa shape index (κ3) is 3.39. The van der Waals surface area contributed by atoms with Crippen LogP contribution >= 0.6 is 0 Å². The van der Waals surface area contributed by atoms with Gasteiger partial charge in [-0.25, -0.2) is 4.98 Å². The van der Waals surface area contributed by atoms with Crippen LogP contribution in [0, 0.1) is 0 Å². The van der Waals surface area contributed by atoms with Crippen LogP contribution in [0.3, 0.4) is 0 Å². The number of nitrogens with zero attached hydrogens (tertiary/aromatic N) is 5. The van der Waals surface area contributed by atoms with Crippen molar-refractivity contribution in [3.63, 3.8) is 0 Å². The molecule has 0 spiro atoms. The maximum Gasteiger partial charge on any atom is 0.418 e. The van der Waals surface area contributed by atoms with E-state index in [1.807, 2.05) is 18.2 Å². The molecule has 2 aromatic heterocycles. The van der Waals surface area contributed by atoms with Crippen molar-refractivity contribution in [2.75, 3.05) is 5.32 Å². The van der Waals surface area contributed by atoms with E-state index in [0.29, 0.717) is 10.3 Å². The van der Waals surface area contributed by atoms with Gasteiger partial charge in [-0.15, -0.1) is 15.0 Å². The summed E-state index contributed by atoms with van der Waals surface area (Å²) in [5.41, 5.74) is -0.586. The zero-order chi connectivity index (χ0) is 19.7. The number of carbonyl (C=O) groups is 1. The number of carbonyl (C=O) groups excluding carboxylic acids is 1. The molecule has 4 rings (SSSR count). The van der Waals surface area contributed by atoms with Gasteiger partial charge in [0.1, 0.15) is 5.82 Å². The number of para-hydroxylation sites is 2. The molecule has 0 aliphatic heterocycles. The Balaban J connectivity index is 1.60. The molecule has 10 heteroatoms. The molecule has 0 saturated carbocycles. The van der Waals surface area contributed by atoms with Crippen molar-refractivity contribution in [3.05, 3.63) is 72.1 Å². The Morgan fingerprint density at radius 1 is 0.964 bits per heavy atom. The molecule has 0 atom stereocenters. The number of aromatic nitrogens is 5. The fourth-order valence-electron chi connectivity index (χ4n) is 2.60. The topological polar surface area (TPSA) is 85.6 Å². The van der Waals surface area contributed by atoms with Gasteiger partial charge in [0, 0.05) is 5.39 Å². The van der Waals surface area contributed by atoms with Crippen LogP contribution in [0.4, 0.5) is 19.0 Å². The van der Waals surface area contributed by atoms with Crippen molar-refractivity contribution in [2.45, 2.75) is 6.18 Å². The third-order valence-electron chi connectivity index (χ3n) is 3.88. The standard InChI is InChI=1S/C18H11F3N6O/c19-18(20,21)12-6-2-4-8-14(12)27-25-16(24-26-27)17(28)23-15-10-9-11-5-1-3-7-13(11)22-15/h1-10H,(H,22,23,28). The highest BCUT2D eigenvalue weighted by Crippen LogP contribution is 2.33. The lowest BCUT2D eigenvalue weighted by Gasteiger charge is -2.10.